The number of hydrogen-bond acceptors (Lipinski definition) is 7. The van der Waals surface area contributed by atoms with Gasteiger partial charge in [0.1, 0.15) is 22.4 Å². The van der Waals surface area contributed by atoms with Crippen molar-refractivity contribution in [1.82, 2.24) is 9.80 Å². The summed E-state index contributed by atoms with van der Waals surface area (Å²) in [6.45, 7) is 4.06. The van der Waals surface area contributed by atoms with Crippen molar-refractivity contribution in [3.05, 3.63) is 87.3 Å². The topological polar surface area (TPSA) is 79.3 Å². The zero-order valence-corrected chi connectivity index (χ0v) is 25.4. The second-order valence-electron chi connectivity index (χ2n) is 9.57. The number of thioether (sulfide) groups is 1. The van der Waals surface area contributed by atoms with Gasteiger partial charge in [-0.05, 0) is 86.6 Å². The van der Waals surface area contributed by atoms with E-state index in [-0.39, 0.29) is 11.5 Å². The molecule has 1 aliphatic rings. The molecule has 0 unspecified atom stereocenters. The highest BCUT2D eigenvalue weighted by molar-refractivity contribution is 8.26. The first-order valence-electron chi connectivity index (χ1n) is 13.1. The summed E-state index contributed by atoms with van der Waals surface area (Å²) in [5.74, 6) is 0.147. The lowest BCUT2D eigenvalue weighted by molar-refractivity contribution is -0.122. The van der Waals surface area contributed by atoms with E-state index >= 15 is 0 Å². The van der Waals surface area contributed by atoms with E-state index in [2.05, 4.69) is 0 Å². The lowest BCUT2D eigenvalue weighted by Crippen LogP contribution is -2.30. The van der Waals surface area contributed by atoms with Crippen molar-refractivity contribution in [3.8, 4) is 22.6 Å². The molecule has 1 saturated heterocycles. The first-order valence-corrected chi connectivity index (χ1v) is 14.7. The van der Waals surface area contributed by atoms with Crippen molar-refractivity contribution < 1.29 is 24.2 Å². The average molecular weight is 611 g/mol. The maximum atomic E-state index is 13.4. The van der Waals surface area contributed by atoms with Gasteiger partial charge in [0, 0.05) is 18.7 Å². The third-order valence-electron chi connectivity index (χ3n) is 6.36. The minimum absolute atomic E-state index is 0.170. The average Bonchev–Trinajstić information content (AvgIpc) is 3.21. The lowest BCUT2D eigenvalue weighted by atomic mass is 10.0. The monoisotopic (exact) mass is 610 g/mol. The summed E-state index contributed by atoms with van der Waals surface area (Å²) in [6.07, 6.45) is 2.37. The molecule has 0 spiro atoms. The Balaban J connectivity index is 1.58. The highest BCUT2D eigenvalue weighted by Crippen LogP contribution is 2.37. The summed E-state index contributed by atoms with van der Waals surface area (Å²) in [6, 6.07) is 18.1. The number of carboxylic acids is 1. The van der Waals surface area contributed by atoms with Gasteiger partial charge in [0.15, 0.2) is 0 Å². The Bertz CT molecular complexity index is 1470. The fourth-order valence-electron chi connectivity index (χ4n) is 4.15. The molecular weight excluding hydrogens is 580 g/mol. The van der Waals surface area contributed by atoms with Crippen LogP contribution >= 0.6 is 35.6 Å². The van der Waals surface area contributed by atoms with Crippen molar-refractivity contribution in [2.75, 3.05) is 40.4 Å². The number of nitrogens with zero attached hydrogens (tertiary/aromatic N) is 2. The number of carboxylic acid groups (broad SMARTS) is 1. The lowest BCUT2D eigenvalue weighted by Gasteiger charge is -2.15. The van der Waals surface area contributed by atoms with Crippen LogP contribution in [-0.2, 0) is 11.2 Å². The van der Waals surface area contributed by atoms with Gasteiger partial charge in [-0.3, -0.25) is 9.69 Å². The molecule has 0 atom stereocenters. The van der Waals surface area contributed by atoms with Crippen LogP contribution in [0.5, 0.6) is 11.5 Å². The van der Waals surface area contributed by atoms with E-state index < -0.39 is 5.97 Å². The number of aromatic carboxylic acids is 1. The minimum Gasteiger partial charge on any atom is -0.492 e. The molecule has 3 aromatic carbocycles. The van der Waals surface area contributed by atoms with E-state index in [0.29, 0.717) is 51.9 Å². The molecule has 10 heteroatoms. The minimum atomic E-state index is -0.974. The Hall–Kier alpha value is -3.37. The standard InChI is InChI=1S/C31H31ClN2O5S2/c1-4-38-27-12-10-23(18-25(27)32)22-9-11-26(39-16-15-33(2)3)24(17-22)19-28-29(35)34(31(40)41-28)14-13-20-5-7-21(8-6-20)30(36)37/h5-12,17-19H,4,13-16H2,1-3H3,(H,36,37). The van der Waals surface area contributed by atoms with Gasteiger partial charge in [-0.1, -0.05) is 59.8 Å². The number of thiocarbonyl (C=S) groups is 1. The number of rotatable bonds is 12. The number of ether oxygens (including phenoxy) is 2. The van der Waals surface area contributed by atoms with Gasteiger partial charge >= 0.3 is 5.97 Å². The van der Waals surface area contributed by atoms with Crippen LogP contribution in [0.15, 0.2) is 65.6 Å². The van der Waals surface area contributed by atoms with Crippen molar-refractivity contribution >= 4 is 57.9 Å². The number of benzene rings is 3. The molecule has 3 aromatic rings. The predicted octanol–water partition coefficient (Wildman–Crippen LogP) is 6.49. The van der Waals surface area contributed by atoms with Gasteiger partial charge in [0.2, 0.25) is 0 Å². The summed E-state index contributed by atoms with van der Waals surface area (Å²) in [5, 5.41) is 9.64. The highest BCUT2D eigenvalue weighted by atomic mass is 35.5. The highest BCUT2D eigenvalue weighted by Gasteiger charge is 2.32. The third kappa shape index (κ3) is 7.89. The fraction of sp³-hybridized carbons (Fsp3) is 0.258. The maximum Gasteiger partial charge on any atom is 0.335 e. The summed E-state index contributed by atoms with van der Waals surface area (Å²) >= 11 is 13.3. The molecule has 1 aliphatic heterocycles. The Morgan fingerprint density at radius 3 is 2.37 bits per heavy atom. The molecule has 0 bridgehead atoms. The van der Waals surface area contributed by atoms with E-state index in [0.717, 1.165) is 28.8 Å². The molecule has 0 saturated carbocycles. The van der Waals surface area contributed by atoms with E-state index in [1.54, 1.807) is 29.2 Å². The molecular formula is C31H31ClN2O5S2. The molecule has 1 N–H and O–H groups in total. The fourth-order valence-corrected chi connectivity index (χ4v) is 5.69. The zero-order valence-electron chi connectivity index (χ0n) is 23.1. The van der Waals surface area contributed by atoms with Crippen LogP contribution in [0.3, 0.4) is 0 Å². The van der Waals surface area contributed by atoms with Crippen LogP contribution in [0.4, 0.5) is 0 Å². The Kier molecular flexibility index (Phi) is 10.4. The van der Waals surface area contributed by atoms with E-state index in [1.807, 2.05) is 68.4 Å². The summed E-state index contributed by atoms with van der Waals surface area (Å²) in [5.41, 5.74) is 3.74. The molecule has 0 aliphatic carbocycles. The van der Waals surface area contributed by atoms with E-state index in [1.165, 1.54) is 11.8 Å². The Labute approximate surface area is 254 Å². The number of amides is 1. The second-order valence-corrected chi connectivity index (χ2v) is 11.7. The van der Waals surface area contributed by atoms with Gasteiger partial charge in [-0.25, -0.2) is 4.79 Å². The third-order valence-corrected chi connectivity index (χ3v) is 8.03. The SMILES string of the molecule is CCOc1ccc(-c2ccc(OCCN(C)C)c(C=C3SC(=S)N(CCc4ccc(C(=O)O)cc4)C3=O)c2)cc1Cl. The second kappa shape index (κ2) is 14.0. The predicted molar refractivity (Wildman–Crippen MR) is 169 cm³/mol. The summed E-state index contributed by atoms with van der Waals surface area (Å²) in [4.78, 5) is 28.6. The number of carbonyl (C=O) groups is 2. The Morgan fingerprint density at radius 2 is 1.73 bits per heavy atom. The molecule has 4 rings (SSSR count). The molecule has 1 heterocycles. The molecule has 41 heavy (non-hydrogen) atoms. The molecule has 0 aromatic heterocycles. The maximum absolute atomic E-state index is 13.4. The van der Waals surface area contributed by atoms with Crippen LogP contribution in [0.25, 0.3) is 17.2 Å². The smallest absolute Gasteiger partial charge is 0.335 e. The number of likely N-dealkylation sites (N-methyl/N-ethyl adjacent to an activating group) is 1. The van der Waals surface area contributed by atoms with Crippen LogP contribution in [0.1, 0.15) is 28.4 Å². The zero-order chi connectivity index (χ0) is 29.5. The molecule has 1 amide bonds. The van der Waals surface area contributed by atoms with Crippen molar-refractivity contribution in [2.24, 2.45) is 0 Å². The number of halogens is 1. The van der Waals surface area contributed by atoms with E-state index in [9.17, 15) is 9.59 Å². The van der Waals surface area contributed by atoms with Gasteiger partial charge in [0.05, 0.1) is 22.1 Å². The van der Waals surface area contributed by atoms with Crippen molar-refractivity contribution in [1.29, 1.82) is 0 Å². The number of carbonyl (C=O) groups excluding carboxylic acids is 1. The van der Waals surface area contributed by atoms with Crippen LogP contribution in [-0.4, -0.2) is 71.5 Å². The van der Waals surface area contributed by atoms with E-state index in [4.69, 9.17) is 38.4 Å². The van der Waals surface area contributed by atoms with Gasteiger partial charge in [-0.15, -0.1) is 0 Å². The molecule has 0 radical (unpaired) electrons. The Morgan fingerprint density at radius 1 is 1.05 bits per heavy atom. The van der Waals surface area contributed by atoms with Gasteiger partial charge < -0.3 is 19.5 Å². The molecule has 1 fully saturated rings. The molecule has 7 nitrogen and oxygen atoms in total. The van der Waals surface area contributed by atoms with Gasteiger partial charge in [0.25, 0.3) is 5.91 Å². The number of hydrogen-bond donors (Lipinski definition) is 1. The largest absolute Gasteiger partial charge is 0.492 e. The van der Waals surface area contributed by atoms with Crippen LogP contribution < -0.4 is 9.47 Å². The first-order chi connectivity index (χ1) is 19.7. The molecule has 214 valence electrons. The quantitative estimate of drug-likeness (QED) is 0.184. The first kappa shape index (κ1) is 30.6. The summed E-state index contributed by atoms with van der Waals surface area (Å²) in [7, 11) is 3.96. The summed E-state index contributed by atoms with van der Waals surface area (Å²) < 4.78 is 12.2. The normalized spacial score (nSPS) is 14.3. The van der Waals surface area contributed by atoms with Crippen molar-refractivity contribution in [3.63, 3.8) is 0 Å². The van der Waals surface area contributed by atoms with Crippen LogP contribution in [0.2, 0.25) is 5.02 Å². The van der Waals surface area contributed by atoms with Crippen LogP contribution in [0, 0.1) is 0 Å². The van der Waals surface area contributed by atoms with Crippen molar-refractivity contribution in [2.45, 2.75) is 13.3 Å². The van der Waals surface area contributed by atoms with Gasteiger partial charge in [-0.2, -0.15) is 0 Å².